The van der Waals surface area contributed by atoms with E-state index in [0.717, 1.165) is 56.4 Å². The van der Waals surface area contributed by atoms with Gasteiger partial charge in [-0.05, 0) is 31.4 Å². The number of aromatic nitrogens is 4. The second kappa shape index (κ2) is 6.76. The van der Waals surface area contributed by atoms with Gasteiger partial charge in [0.15, 0.2) is 11.6 Å². The highest BCUT2D eigenvalue weighted by atomic mass is 16.5. The Morgan fingerprint density at radius 3 is 2.92 bits per heavy atom. The first-order chi connectivity index (χ1) is 11.8. The zero-order chi connectivity index (χ0) is 16.4. The first kappa shape index (κ1) is 15.4. The molecule has 2 fully saturated rings. The minimum absolute atomic E-state index is 0.215. The first-order valence-corrected chi connectivity index (χ1v) is 8.72. The fourth-order valence-electron chi connectivity index (χ4n) is 3.55. The molecular weight excluding hydrogens is 304 g/mol. The Morgan fingerprint density at radius 1 is 1.25 bits per heavy atom. The van der Waals surface area contributed by atoms with Crippen LogP contribution in [0.3, 0.4) is 0 Å². The molecule has 0 amide bonds. The molecule has 128 valence electrons. The topological polar surface area (TPSA) is 59.3 Å². The monoisotopic (exact) mass is 328 g/mol. The Kier molecular flexibility index (Phi) is 4.34. The summed E-state index contributed by atoms with van der Waals surface area (Å²) in [6.45, 7) is 4.94. The number of ether oxygens (including phenoxy) is 1. The van der Waals surface area contributed by atoms with Crippen LogP contribution in [0.25, 0.3) is 0 Å². The van der Waals surface area contributed by atoms with Crippen LogP contribution < -0.4 is 9.64 Å². The van der Waals surface area contributed by atoms with Crippen molar-refractivity contribution < 1.29 is 4.74 Å². The van der Waals surface area contributed by atoms with Gasteiger partial charge in [0, 0.05) is 46.0 Å². The lowest BCUT2D eigenvalue weighted by atomic mass is 10.3. The molecule has 0 aliphatic carbocycles. The van der Waals surface area contributed by atoms with Crippen molar-refractivity contribution in [2.24, 2.45) is 7.05 Å². The summed E-state index contributed by atoms with van der Waals surface area (Å²) in [6, 6.07) is 4.01. The molecule has 2 saturated heterocycles. The zero-order valence-corrected chi connectivity index (χ0v) is 14.1. The van der Waals surface area contributed by atoms with E-state index in [9.17, 15) is 0 Å². The number of nitrogens with zero attached hydrogens (tertiary/aromatic N) is 6. The van der Waals surface area contributed by atoms with Crippen molar-refractivity contribution in [1.82, 2.24) is 24.9 Å². The van der Waals surface area contributed by atoms with Gasteiger partial charge in [-0.25, -0.2) is 4.98 Å². The van der Waals surface area contributed by atoms with Crippen molar-refractivity contribution in [2.45, 2.75) is 31.9 Å². The Morgan fingerprint density at radius 2 is 2.12 bits per heavy atom. The molecule has 0 aromatic carbocycles. The number of aryl methyl sites for hydroxylation is 1. The van der Waals surface area contributed by atoms with Crippen molar-refractivity contribution in [3.8, 4) is 5.75 Å². The van der Waals surface area contributed by atoms with Crippen molar-refractivity contribution in [2.75, 3.05) is 31.1 Å². The smallest absolute Gasteiger partial charge is 0.171 e. The average molecular weight is 328 g/mol. The van der Waals surface area contributed by atoms with Crippen LogP contribution in [0.4, 0.5) is 5.82 Å². The number of hydrogen-bond acceptors (Lipinski definition) is 6. The zero-order valence-electron chi connectivity index (χ0n) is 14.1. The van der Waals surface area contributed by atoms with E-state index in [-0.39, 0.29) is 6.10 Å². The minimum Gasteiger partial charge on any atom is -0.485 e. The molecule has 4 heterocycles. The van der Waals surface area contributed by atoms with Crippen LogP contribution in [0.15, 0.2) is 24.5 Å². The number of hydrogen-bond donors (Lipinski definition) is 0. The second-order valence-corrected chi connectivity index (χ2v) is 6.61. The highest BCUT2D eigenvalue weighted by Crippen LogP contribution is 2.30. The molecule has 7 nitrogen and oxygen atoms in total. The van der Waals surface area contributed by atoms with Crippen LogP contribution in [0.5, 0.6) is 5.75 Å². The lowest BCUT2D eigenvalue weighted by molar-refractivity contribution is 0.197. The van der Waals surface area contributed by atoms with Crippen LogP contribution in [-0.4, -0.2) is 57.2 Å². The predicted octanol–water partition coefficient (Wildman–Crippen LogP) is 1.46. The van der Waals surface area contributed by atoms with E-state index in [1.165, 1.54) is 12.8 Å². The fourth-order valence-corrected chi connectivity index (χ4v) is 3.55. The molecule has 2 aliphatic heterocycles. The summed E-state index contributed by atoms with van der Waals surface area (Å²) in [4.78, 5) is 10.9. The fraction of sp³-hybridized carbons (Fsp3) is 0.588. The van der Waals surface area contributed by atoms with Crippen LogP contribution in [0.1, 0.15) is 25.0 Å². The largest absolute Gasteiger partial charge is 0.485 e. The number of pyridine rings is 1. The van der Waals surface area contributed by atoms with Gasteiger partial charge in [-0.1, -0.05) is 0 Å². The predicted molar refractivity (Wildman–Crippen MR) is 91.0 cm³/mol. The Labute approximate surface area is 142 Å². The molecule has 1 atom stereocenters. The van der Waals surface area contributed by atoms with Crippen LogP contribution in [0, 0.1) is 0 Å². The van der Waals surface area contributed by atoms with Gasteiger partial charge in [-0.2, -0.15) is 15.0 Å². The number of likely N-dealkylation sites (tertiary alicyclic amines) is 1. The summed E-state index contributed by atoms with van der Waals surface area (Å²) >= 11 is 0. The highest BCUT2D eigenvalue weighted by Gasteiger charge is 2.26. The van der Waals surface area contributed by atoms with E-state index in [0.29, 0.717) is 0 Å². The van der Waals surface area contributed by atoms with E-state index < -0.39 is 0 Å². The molecule has 2 aromatic heterocycles. The molecule has 7 heteroatoms. The molecule has 0 saturated carbocycles. The van der Waals surface area contributed by atoms with Gasteiger partial charge < -0.3 is 9.64 Å². The van der Waals surface area contributed by atoms with Gasteiger partial charge in [0.05, 0.1) is 11.9 Å². The highest BCUT2D eigenvalue weighted by molar-refractivity contribution is 5.52. The molecule has 4 rings (SSSR count). The second-order valence-electron chi connectivity index (χ2n) is 6.61. The van der Waals surface area contributed by atoms with E-state index in [1.807, 2.05) is 31.6 Å². The molecule has 0 N–H and O–H groups in total. The van der Waals surface area contributed by atoms with E-state index in [4.69, 9.17) is 4.74 Å². The Bertz CT molecular complexity index is 681. The normalized spacial score (nSPS) is 21.5. The summed E-state index contributed by atoms with van der Waals surface area (Å²) in [6.07, 6.45) is 7.42. The summed E-state index contributed by atoms with van der Waals surface area (Å²) in [5, 5.41) is 8.49. The van der Waals surface area contributed by atoms with Gasteiger partial charge in [0.25, 0.3) is 0 Å². The maximum absolute atomic E-state index is 6.30. The molecule has 2 aromatic rings. The third kappa shape index (κ3) is 3.36. The SMILES string of the molecule is Cn1ncc(CN2CC[C@@H](Oc3cccnc3N3CCCC3)C2)n1. The van der Waals surface area contributed by atoms with Crippen molar-refractivity contribution >= 4 is 5.82 Å². The minimum atomic E-state index is 0.215. The van der Waals surface area contributed by atoms with Gasteiger partial charge in [-0.3, -0.25) is 4.90 Å². The molecule has 0 radical (unpaired) electrons. The lowest BCUT2D eigenvalue weighted by Crippen LogP contribution is -2.26. The molecule has 0 spiro atoms. The summed E-state index contributed by atoms with van der Waals surface area (Å²) in [7, 11) is 1.85. The molecule has 0 unspecified atom stereocenters. The molecule has 2 aliphatic rings. The third-order valence-corrected chi connectivity index (χ3v) is 4.71. The molecule has 24 heavy (non-hydrogen) atoms. The average Bonchev–Trinajstić information content (AvgIpc) is 3.32. The maximum atomic E-state index is 6.30. The molecular formula is C17H24N6O. The van der Waals surface area contributed by atoms with Crippen LogP contribution in [0.2, 0.25) is 0 Å². The van der Waals surface area contributed by atoms with E-state index in [1.54, 1.807) is 4.80 Å². The standard InChI is InChI=1S/C17H24N6O/c1-21-19-11-14(20-21)12-22-10-6-15(13-22)24-16-5-4-7-18-17(16)23-8-2-3-9-23/h4-5,7,11,15H,2-3,6,8-10,12-13H2,1H3/t15-/m1/s1. The first-order valence-electron chi connectivity index (χ1n) is 8.72. The summed E-state index contributed by atoms with van der Waals surface area (Å²) in [5.41, 5.74) is 1.01. The summed E-state index contributed by atoms with van der Waals surface area (Å²) in [5.74, 6) is 1.92. The maximum Gasteiger partial charge on any atom is 0.171 e. The van der Waals surface area contributed by atoms with Crippen molar-refractivity contribution in [3.05, 3.63) is 30.2 Å². The summed E-state index contributed by atoms with van der Waals surface area (Å²) < 4.78 is 6.30. The van der Waals surface area contributed by atoms with E-state index >= 15 is 0 Å². The molecule has 0 bridgehead atoms. The Balaban J connectivity index is 1.38. The van der Waals surface area contributed by atoms with E-state index in [2.05, 4.69) is 25.0 Å². The van der Waals surface area contributed by atoms with Crippen LogP contribution >= 0.6 is 0 Å². The van der Waals surface area contributed by atoms with Gasteiger partial charge in [0.1, 0.15) is 6.10 Å². The third-order valence-electron chi connectivity index (χ3n) is 4.71. The lowest BCUT2D eigenvalue weighted by Gasteiger charge is -2.22. The Hall–Kier alpha value is -2.15. The van der Waals surface area contributed by atoms with Gasteiger partial charge in [-0.15, -0.1) is 0 Å². The van der Waals surface area contributed by atoms with Crippen molar-refractivity contribution in [1.29, 1.82) is 0 Å². The quantitative estimate of drug-likeness (QED) is 0.828. The number of anilines is 1. The van der Waals surface area contributed by atoms with Gasteiger partial charge in [0.2, 0.25) is 0 Å². The van der Waals surface area contributed by atoms with Gasteiger partial charge >= 0.3 is 0 Å². The van der Waals surface area contributed by atoms with Crippen LogP contribution in [-0.2, 0) is 13.6 Å². The van der Waals surface area contributed by atoms with Crippen molar-refractivity contribution in [3.63, 3.8) is 0 Å². The number of rotatable bonds is 5.